The molecule has 39 heavy (non-hydrogen) atoms. The fourth-order valence-electron chi connectivity index (χ4n) is 3.97. The van der Waals surface area contributed by atoms with Crippen LogP contribution in [0.2, 0.25) is 0 Å². The van der Waals surface area contributed by atoms with Crippen LogP contribution in [-0.2, 0) is 0 Å². The summed E-state index contributed by atoms with van der Waals surface area (Å²) >= 11 is 0. The van der Waals surface area contributed by atoms with Crippen LogP contribution in [-0.4, -0.2) is 24.9 Å². The zero-order valence-corrected chi connectivity index (χ0v) is 23.0. The lowest BCUT2D eigenvalue weighted by Crippen LogP contribution is -1.85. The molecule has 6 heteroatoms. The second-order valence-corrected chi connectivity index (χ2v) is 9.62. The van der Waals surface area contributed by atoms with Gasteiger partial charge in [-0.1, -0.05) is 36.4 Å². The molecule has 0 saturated carbocycles. The van der Waals surface area contributed by atoms with Crippen molar-refractivity contribution in [3.8, 4) is 5.75 Å². The molecule has 198 valence electrons. The normalized spacial score (nSPS) is 10.3. The van der Waals surface area contributed by atoms with Gasteiger partial charge >= 0.3 is 0 Å². The number of phenols is 1. The van der Waals surface area contributed by atoms with Crippen LogP contribution < -0.4 is 0 Å². The average Bonchev–Trinajstić information content (AvgIpc) is 3.63. The fraction of sp³-hybridized carbons (Fsp3) is 0.152. The Morgan fingerprint density at radius 2 is 1.44 bits per heavy atom. The van der Waals surface area contributed by atoms with Crippen molar-refractivity contribution in [2.75, 3.05) is 0 Å². The Labute approximate surface area is 228 Å². The number of hydrogen-bond donors (Lipinski definition) is 2. The zero-order chi connectivity index (χ0) is 27.8. The SMILES string of the molecule is Cc1ccc2ccoc2c1.Cc1ccc2cn[nH]c2c1.Cc1cccc(O)c1.Cc1ccn2nc(C)cc2c1. The summed E-state index contributed by atoms with van der Waals surface area (Å²) in [6.07, 6.45) is 5.52. The molecule has 0 aliphatic carbocycles. The highest BCUT2D eigenvalue weighted by molar-refractivity contribution is 5.78. The van der Waals surface area contributed by atoms with Crippen LogP contribution in [0.4, 0.5) is 0 Å². The minimum Gasteiger partial charge on any atom is -0.508 e. The molecular weight excluding hydrogens is 484 g/mol. The number of furan rings is 1. The first-order valence-electron chi connectivity index (χ1n) is 12.8. The van der Waals surface area contributed by atoms with Crippen molar-refractivity contribution in [2.45, 2.75) is 34.6 Å². The van der Waals surface area contributed by atoms with Gasteiger partial charge in [-0.3, -0.25) is 5.10 Å². The number of phenolic OH excluding ortho intramolecular Hbond substituents is 1. The van der Waals surface area contributed by atoms with Gasteiger partial charge in [0.2, 0.25) is 0 Å². The number of aryl methyl sites for hydroxylation is 5. The third-order valence-corrected chi connectivity index (χ3v) is 5.95. The van der Waals surface area contributed by atoms with E-state index in [0.717, 1.165) is 22.4 Å². The molecule has 0 spiro atoms. The van der Waals surface area contributed by atoms with Crippen LogP contribution in [0.15, 0.2) is 108 Å². The lowest BCUT2D eigenvalue weighted by molar-refractivity contribution is 0.475. The molecule has 6 nitrogen and oxygen atoms in total. The van der Waals surface area contributed by atoms with Gasteiger partial charge in [-0.05, 0) is 105 Å². The smallest absolute Gasteiger partial charge is 0.134 e. The standard InChI is InChI=1S/C9H10N2.C9H8O.C8H8N2.C7H8O/c1-7-3-4-11-9(5-7)6-8(2)10-11;1-7-2-3-8-4-5-10-9(8)6-7;1-6-2-3-7-5-9-10-8(7)4-6;1-6-3-2-4-7(8)5-6/h3-6H,1-2H3;2-6H,1H3;2-5H,1H3,(H,9,10);2-5,8H,1H3. The van der Waals surface area contributed by atoms with Crippen molar-refractivity contribution in [3.63, 3.8) is 0 Å². The topological polar surface area (TPSA) is 79.3 Å². The first kappa shape index (κ1) is 27.2. The van der Waals surface area contributed by atoms with Gasteiger partial charge in [-0.2, -0.15) is 10.2 Å². The predicted molar refractivity (Wildman–Crippen MR) is 159 cm³/mol. The van der Waals surface area contributed by atoms with Crippen LogP contribution in [0.3, 0.4) is 0 Å². The number of aromatic hydroxyl groups is 1. The molecule has 4 aromatic heterocycles. The Bertz CT molecular complexity index is 1700. The first-order valence-corrected chi connectivity index (χ1v) is 12.8. The first-order chi connectivity index (χ1) is 18.8. The van der Waals surface area contributed by atoms with Crippen LogP contribution in [0.1, 0.15) is 27.9 Å². The summed E-state index contributed by atoms with van der Waals surface area (Å²) in [6, 6.07) is 27.8. The number of aromatic amines is 1. The van der Waals surface area contributed by atoms with Crippen molar-refractivity contribution in [2.24, 2.45) is 0 Å². The third-order valence-electron chi connectivity index (χ3n) is 5.95. The Morgan fingerprint density at radius 3 is 2.18 bits per heavy atom. The van der Waals surface area contributed by atoms with E-state index in [9.17, 15) is 0 Å². The highest BCUT2D eigenvalue weighted by Gasteiger charge is 1.96. The van der Waals surface area contributed by atoms with Crippen molar-refractivity contribution in [3.05, 3.63) is 132 Å². The summed E-state index contributed by atoms with van der Waals surface area (Å²) < 4.78 is 7.09. The maximum absolute atomic E-state index is 8.81. The molecular formula is C33H34N4O2. The Hall–Kier alpha value is -4.84. The van der Waals surface area contributed by atoms with E-state index >= 15 is 0 Å². The van der Waals surface area contributed by atoms with Crippen LogP contribution in [0.25, 0.3) is 27.4 Å². The summed E-state index contributed by atoms with van der Waals surface area (Å²) in [5.41, 5.74) is 9.18. The second kappa shape index (κ2) is 12.6. The number of aromatic nitrogens is 4. The van der Waals surface area contributed by atoms with Crippen LogP contribution >= 0.6 is 0 Å². The second-order valence-electron chi connectivity index (χ2n) is 9.62. The van der Waals surface area contributed by atoms with E-state index in [1.54, 1.807) is 18.4 Å². The summed E-state index contributed by atoms with van der Waals surface area (Å²) in [5, 5.41) is 22.3. The van der Waals surface area contributed by atoms with Gasteiger partial charge in [-0.15, -0.1) is 0 Å². The Kier molecular flexibility index (Phi) is 8.79. The van der Waals surface area contributed by atoms with Gasteiger partial charge < -0.3 is 9.52 Å². The fourth-order valence-corrected chi connectivity index (χ4v) is 3.97. The van der Waals surface area contributed by atoms with E-state index in [2.05, 4.69) is 84.6 Å². The molecule has 4 heterocycles. The number of H-pyrrole nitrogens is 1. The summed E-state index contributed by atoms with van der Waals surface area (Å²) in [6.45, 7) is 10.2. The molecule has 0 aliphatic heterocycles. The minimum absolute atomic E-state index is 0.338. The molecule has 3 aromatic carbocycles. The lowest BCUT2D eigenvalue weighted by atomic mass is 10.2. The Morgan fingerprint density at radius 1 is 0.718 bits per heavy atom. The largest absolute Gasteiger partial charge is 0.508 e. The van der Waals surface area contributed by atoms with E-state index < -0.39 is 0 Å². The minimum atomic E-state index is 0.338. The summed E-state index contributed by atoms with van der Waals surface area (Å²) in [4.78, 5) is 0. The molecule has 7 aromatic rings. The molecule has 0 radical (unpaired) electrons. The van der Waals surface area contributed by atoms with Crippen LogP contribution in [0, 0.1) is 34.6 Å². The lowest BCUT2D eigenvalue weighted by Gasteiger charge is -1.92. The van der Waals surface area contributed by atoms with Gasteiger partial charge in [0.15, 0.2) is 0 Å². The number of rotatable bonds is 0. The molecule has 0 amide bonds. The van der Waals surface area contributed by atoms with E-state index in [4.69, 9.17) is 9.52 Å². The van der Waals surface area contributed by atoms with Crippen molar-refractivity contribution >= 4 is 27.4 Å². The Balaban J connectivity index is 0.000000121. The quantitative estimate of drug-likeness (QED) is 0.212. The van der Waals surface area contributed by atoms with Gasteiger partial charge in [0.25, 0.3) is 0 Å². The van der Waals surface area contributed by atoms with E-state index in [-0.39, 0.29) is 0 Å². The number of fused-ring (bicyclic) bond motifs is 3. The molecule has 0 unspecified atom stereocenters. The molecule has 2 N–H and O–H groups in total. The van der Waals surface area contributed by atoms with Crippen molar-refractivity contribution in [1.29, 1.82) is 0 Å². The third kappa shape index (κ3) is 7.82. The highest BCUT2D eigenvalue weighted by atomic mass is 16.3. The number of nitrogens with zero attached hydrogens (tertiary/aromatic N) is 3. The maximum atomic E-state index is 8.81. The zero-order valence-electron chi connectivity index (χ0n) is 23.0. The van der Waals surface area contributed by atoms with Gasteiger partial charge in [0.05, 0.1) is 29.2 Å². The number of benzene rings is 3. The van der Waals surface area contributed by atoms with Crippen molar-refractivity contribution in [1.82, 2.24) is 19.8 Å². The molecule has 7 rings (SSSR count). The maximum Gasteiger partial charge on any atom is 0.134 e. The molecule has 0 aliphatic rings. The van der Waals surface area contributed by atoms with Crippen molar-refractivity contribution < 1.29 is 9.52 Å². The number of hydrogen-bond acceptors (Lipinski definition) is 4. The van der Waals surface area contributed by atoms with E-state index in [1.165, 1.54) is 33.0 Å². The number of pyridine rings is 1. The average molecular weight is 519 g/mol. The van der Waals surface area contributed by atoms with Gasteiger partial charge in [0.1, 0.15) is 11.3 Å². The van der Waals surface area contributed by atoms with E-state index in [1.807, 2.05) is 55.0 Å². The van der Waals surface area contributed by atoms with E-state index in [0.29, 0.717) is 5.75 Å². The van der Waals surface area contributed by atoms with Crippen LogP contribution in [0.5, 0.6) is 5.75 Å². The van der Waals surface area contributed by atoms with Gasteiger partial charge in [-0.25, -0.2) is 4.52 Å². The molecule has 0 bridgehead atoms. The monoisotopic (exact) mass is 518 g/mol. The summed E-state index contributed by atoms with van der Waals surface area (Å²) in [7, 11) is 0. The van der Waals surface area contributed by atoms with Gasteiger partial charge in [0, 0.05) is 17.0 Å². The molecule has 0 fully saturated rings. The summed E-state index contributed by atoms with van der Waals surface area (Å²) in [5.74, 6) is 0.338. The highest BCUT2D eigenvalue weighted by Crippen LogP contribution is 2.16. The molecule has 0 saturated heterocycles. The molecule has 0 atom stereocenters. The number of nitrogens with one attached hydrogen (secondary N) is 1. The predicted octanol–water partition coefficient (Wildman–Crippen LogP) is 8.26.